The summed E-state index contributed by atoms with van der Waals surface area (Å²) in [5.41, 5.74) is 1.15. The van der Waals surface area contributed by atoms with Crippen molar-refractivity contribution < 1.29 is 4.74 Å². The van der Waals surface area contributed by atoms with Gasteiger partial charge in [0.2, 0.25) is 0 Å². The van der Waals surface area contributed by atoms with Gasteiger partial charge in [-0.25, -0.2) is 4.98 Å². The maximum absolute atomic E-state index is 5.36. The third-order valence-electron chi connectivity index (χ3n) is 4.30. The number of nitrogens with zero attached hydrogens (tertiary/aromatic N) is 2. The summed E-state index contributed by atoms with van der Waals surface area (Å²) in [6.45, 7) is 5.83. The minimum absolute atomic E-state index is 0.621. The summed E-state index contributed by atoms with van der Waals surface area (Å²) < 4.78 is 5.36. The van der Waals surface area contributed by atoms with Crippen LogP contribution in [-0.4, -0.2) is 37.3 Å². The van der Waals surface area contributed by atoms with Crippen LogP contribution in [0.2, 0.25) is 0 Å². The summed E-state index contributed by atoms with van der Waals surface area (Å²) in [5.74, 6) is 1.84. The summed E-state index contributed by atoms with van der Waals surface area (Å²) >= 11 is 0. The van der Waals surface area contributed by atoms with Crippen LogP contribution in [0.25, 0.3) is 0 Å². The van der Waals surface area contributed by atoms with E-state index < -0.39 is 0 Å². The van der Waals surface area contributed by atoms with E-state index in [1.165, 1.54) is 19.3 Å². The highest BCUT2D eigenvalue weighted by molar-refractivity contribution is 5.49. The van der Waals surface area contributed by atoms with Gasteiger partial charge in [0.15, 0.2) is 0 Å². The number of rotatable bonds is 3. The second-order valence-electron chi connectivity index (χ2n) is 5.66. The van der Waals surface area contributed by atoms with E-state index in [0.717, 1.165) is 43.7 Å². The molecule has 2 heterocycles. The van der Waals surface area contributed by atoms with Crippen LogP contribution < -0.4 is 10.2 Å². The molecular formula is C15H23N3O. The van der Waals surface area contributed by atoms with Gasteiger partial charge in [0.05, 0.1) is 25.1 Å². The predicted molar refractivity (Wildman–Crippen MR) is 77.7 cm³/mol. The zero-order chi connectivity index (χ0) is 13.1. The molecule has 4 nitrogen and oxygen atoms in total. The van der Waals surface area contributed by atoms with Crippen molar-refractivity contribution in [3.05, 3.63) is 18.3 Å². The molecule has 3 rings (SSSR count). The van der Waals surface area contributed by atoms with Gasteiger partial charge in [-0.2, -0.15) is 0 Å². The van der Waals surface area contributed by atoms with Crippen molar-refractivity contribution in [3.63, 3.8) is 0 Å². The van der Waals surface area contributed by atoms with E-state index in [1.807, 2.05) is 6.20 Å². The fourth-order valence-electron chi connectivity index (χ4n) is 3.02. The van der Waals surface area contributed by atoms with Crippen molar-refractivity contribution >= 4 is 11.5 Å². The quantitative estimate of drug-likeness (QED) is 0.907. The maximum atomic E-state index is 5.36. The molecule has 1 saturated heterocycles. The van der Waals surface area contributed by atoms with Crippen molar-refractivity contribution in [2.45, 2.75) is 32.2 Å². The van der Waals surface area contributed by atoms with Gasteiger partial charge in [-0.3, -0.25) is 0 Å². The van der Waals surface area contributed by atoms with Gasteiger partial charge in [0, 0.05) is 19.1 Å². The van der Waals surface area contributed by atoms with Crippen LogP contribution in [0.5, 0.6) is 0 Å². The summed E-state index contributed by atoms with van der Waals surface area (Å²) in [7, 11) is 0. The van der Waals surface area contributed by atoms with Crippen LogP contribution in [0, 0.1) is 5.92 Å². The molecule has 1 saturated carbocycles. The van der Waals surface area contributed by atoms with E-state index in [1.54, 1.807) is 0 Å². The van der Waals surface area contributed by atoms with Gasteiger partial charge in [-0.15, -0.1) is 0 Å². The van der Waals surface area contributed by atoms with Crippen molar-refractivity contribution in [1.29, 1.82) is 0 Å². The second kappa shape index (κ2) is 5.78. The highest BCUT2D eigenvalue weighted by atomic mass is 16.5. The minimum Gasteiger partial charge on any atom is -0.381 e. The minimum atomic E-state index is 0.621. The van der Waals surface area contributed by atoms with E-state index >= 15 is 0 Å². The van der Waals surface area contributed by atoms with E-state index in [4.69, 9.17) is 4.74 Å². The normalized spacial score (nSPS) is 27.5. The molecular weight excluding hydrogens is 238 g/mol. The number of hydrogen-bond acceptors (Lipinski definition) is 4. The lowest BCUT2D eigenvalue weighted by atomic mass is 10.1. The molecule has 0 amide bonds. The largest absolute Gasteiger partial charge is 0.381 e. The van der Waals surface area contributed by atoms with Crippen molar-refractivity contribution in [2.75, 3.05) is 36.5 Å². The van der Waals surface area contributed by atoms with Gasteiger partial charge >= 0.3 is 0 Å². The molecule has 2 atom stereocenters. The molecule has 1 aliphatic heterocycles. The third kappa shape index (κ3) is 3.00. The molecule has 1 aromatic heterocycles. The maximum Gasteiger partial charge on any atom is 0.128 e. The van der Waals surface area contributed by atoms with Crippen molar-refractivity contribution in [3.8, 4) is 0 Å². The second-order valence-corrected chi connectivity index (χ2v) is 5.66. The molecule has 2 unspecified atom stereocenters. The summed E-state index contributed by atoms with van der Waals surface area (Å²) in [6.07, 6.45) is 5.94. The van der Waals surface area contributed by atoms with Crippen LogP contribution >= 0.6 is 0 Å². The number of pyridine rings is 1. The van der Waals surface area contributed by atoms with Crippen LogP contribution in [0.15, 0.2) is 18.3 Å². The molecule has 0 aromatic carbocycles. The molecule has 104 valence electrons. The first-order valence-electron chi connectivity index (χ1n) is 7.38. The van der Waals surface area contributed by atoms with E-state index in [9.17, 15) is 0 Å². The first-order chi connectivity index (χ1) is 9.33. The Labute approximate surface area is 115 Å². The Morgan fingerprint density at radius 3 is 2.74 bits per heavy atom. The topological polar surface area (TPSA) is 37.4 Å². The Hall–Kier alpha value is -1.29. The Kier molecular flexibility index (Phi) is 3.87. The van der Waals surface area contributed by atoms with E-state index in [-0.39, 0.29) is 0 Å². The lowest BCUT2D eigenvalue weighted by Gasteiger charge is -2.28. The molecule has 1 aromatic rings. The van der Waals surface area contributed by atoms with Gasteiger partial charge in [-0.1, -0.05) is 13.3 Å². The van der Waals surface area contributed by atoms with Gasteiger partial charge in [0.1, 0.15) is 5.82 Å². The number of ether oxygens (including phenoxy) is 1. The summed E-state index contributed by atoms with van der Waals surface area (Å²) in [4.78, 5) is 6.86. The van der Waals surface area contributed by atoms with Crippen molar-refractivity contribution in [2.24, 2.45) is 5.92 Å². The van der Waals surface area contributed by atoms with Crippen molar-refractivity contribution in [1.82, 2.24) is 4.98 Å². The van der Waals surface area contributed by atoms with E-state index in [0.29, 0.717) is 6.04 Å². The third-order valence-corrected chi connectivity index (χ3v) is 4.30. The number of nitrogens with one attached hydrogen (secondary N) is 1. The van der Waals surface area contributed by atoms with E-state index in [2.05, 4.69) is 34.3 Å². The van der Waals surface area contributed by atoms with Gasteiger partial charge in [-0.05, 0) is 30.9 Å². The zero-order valence-corrected chi connectivity index (χ0v) is 11.6. The van der Waals surface area contributed by atoms with Crippen LogP contribution in [0.3, 0.4) is 0 Å². The zero-order valence-electron chi connectivity index (χ0n) is 11.6. The monoisotopic (exact) mass is 261 g/mol. The molecule has 19 heavy (non-hydrogen) atoms. The number of anilines is 2. The first-order valence-corrected chi connectivity index (χ1v) is 7.38. The van der Waals surface area contributed by atoms with Crippen LogP contribution in [0.4, 0.5) is 11.5 Å². The lowest BCUT2D eigenvalue weighted by molar-refractivity contribution is 0.122. The number of hydrogen-bond donors (Lipinski definition) is 1. The Morgan fingerprint density at radius 1 is 1.26 bits per heavy atom. The van der Waals surface area contributed by atoms with Crippen LogP contribution in [0.1, 0.15) is 26.2 Å². The molecule has 1 aliphatic carbocycles. The lowest BCUT2D eigenvalue weighted by Crippen LogP contribution is -2.36. The molecule has 2 fully saturated rings. The predicted octanol–water partition coefficient (Wildman–Crippen LogP) is 2.52. The highest BCUT2D eigenvalue weighted by Gasteiger charge is 2.23. The number of aromatic nitrogens is 1. The summed E-state index contributed by atoms with van der Waals surface area (Å²) in [5, 5.41) is 3.62. The molecule has 4 heteroatoms. The fraction of sp³-hybridized carbons (Fsp3) is 0.667. The molecule has 0 bridgehead atoms. The Balaban J connectivity index is 1.61. The first kappa shape index (κ1) is 12.7. The molecule has 0 spiro atoms. The summed E-state index contributed by atoms with van der Waals surface area (Å²) in [6, 6.07) is 4.90. The fourth-order valence-corrected chi connectivity index (χ4v) is 3.02. The SMILES string of the molecule is CC1CCCC1Nc1ccc(N2CCOCC2)nc1. The number of morpholine rings is 1. The van der Waals surface area contributed by atoms with Gasteiger partial charge in [0.25, 0.3) is 0 Å². The average molecular weight is 261 g/mol. The Morgan fingerprint density at radius 2 is 2.11 bits per heavy atom. The highest BCUT2D eigenvalue weighted by Crippen LogP contribution is 2.28. The molecule has 1 N–H and O–H groups in total. The smallest absolute Gasteiger partial charge is 0.128 e. The average Bonchev–Trinajstić information content (AvgIpc) is 2.86. The van der Waals surface area contributed by atoms with Crippen LogP contribution in [-0.2, 0) is 4.74 Å². The Bertz CT molecular complexity index is 400. The molecule has 0 radical (unpaired) electrons. The molecule has 2 aliphatic rings. The standard InChI is InChI=1S/C15H23N3O/c1-12-3-2-4-14(12)17-13-5-6-15(16-11-13)18-7-9-19-10-8-18/h5-6,11-12,14,17H,2-4,7-10H2,1H3. The van der Waals surface area contributed by atoms with Gasteiger partial charge < -0.3 is 15.0 Å².